The molecule has 12 aromatic carbocycles. The topological polar surface area (TPSA) is 72.3 Å². The Balaban J connectivity index is 1.00. The van der Waals surface area contributed by atoms with Gasteiger partial charge in [0.2, 0.25) is 0 Å². The Hall–Kier alpha value is -11.3. The minimum atomic E-state index is 0.531. The van der Waals surface area contributed by atoms with Crippen LogP contribution in [-0.2, 0) is 0 Å². The minimum absolute atomic E-state index is 0.531. The van der Waals surface area contributed by atoms with Crippen molar-refractivity contribution in [2.45, 2.75) is 0 Å². The van der Waals surface area contributed by atoms with E-state index in [2.05, 4.69) is 246 Å². The summed E-state index contributed by atoms with van der Waals surface area (Å²) in [5.41, 5.74) is 19.5. The second kappa shape index (κ2) is 20.2. The summed E-state index contributed by atoms with van der Waals surface area (Å²) >= 11 is 0. The first-order valence-corrected chi connectivity index (χ1v) is 27.6. The average molecular weight is 1050 g/mol. The molecule has 6 nitrogen and oxygen atoms in total. The summed E-state index contributed by atoms with van der Waals surface area (Å²) in [6.45, 7) is 0. The van der Waals surface area contributed by atoms with E-state index in [0.717, 1.165) is 127 Å². The normalized spacial score (nSPS) is 11.4. The van der Waals surface area contributed by atoms with Gasteiger partial charge in [-0.15, -0.1) is 0 Å². The van der Waals surface area contributed by atoms with Gasteiger partial charge in [0.15, 0.2) is 17.5 Å². The smallest absolute Gasteiger partial charge is 0.164 e. The Morgan fingerprint density at radius 1 is 0.244 bits per heavy atom. The van der Waals surface area contributed by atoms with Crippen LogP contribution in [-0.4, -0.2) is 24.1 Å². The maximum absolute atomic E-state index is 11.8. The lowest BCUT2D eigenvalue weighted by molar-refractivity contribution is 1.07. The van der Waals surface area contributed by atoms with Crippen LogP contribution in [0.4, 0.5) is 0 Å². The third-order valence-electron chi connectivity index (χ3n) is 15.8. The molecule has 82 heavy (non-hydrogen) atoms. The molecule has 0 radical (unpaired) electrons. The Bertz CT molecular complexity index is 4700. The van der Waals surface area contributed by atoms with Gasteiger partial charge in [-0.3, -0.25) is 0 Å². The summed E-state index contributed by atoms with van der Waals surface area (Å²) in [6, 6.07) is 105. The molecule has 3 aromatic heterocycles. The van der Waals surface area contributed by atoms with Crippen LogP contribution in [0, 0.1) is 11.3 Å². The van der Waals surface area contributed by atoms with Gasteiger partial charge in [0.05, 0.1) is 39.0 Å². The van der Waals surface area contributed by atoms with E-state index in [9.17, 15) is 5.26 Å². The predicted octanol–water partition coefficient (Wildman–Crippen LogP) is 19.3. The first-order valence-electron chi connectivity index (χ1n) is 27.6. The van der Waals surface area contributed by atoms with E-state index in [1.165, 1.54) is 0 Å². The lowest BCUT2D eigenvalue weighted by Gasteiger charge is -2.19. The summed E-state index contributed by atoms with van der Waals surface area (Å²) in [7, 11) is 0. The minimum Gasteiger partial charge on any atom is -0.309 e. The van der Waals surface area contributed by atoms with Crippen molar-refractivity contribution in [1.82, 2.24) is 24.1 Å². The van der Waals surface area contributed by atoms with Gasteiger partial charge in [0.25, 0.3) is 0 Å². The molecule has 382 valence electrons. The van der Waals surface area contributed by atoms with Crippen molar-refractivity contribution in [3.05, 3.63) is 297 Å². The quantitative estimate of drug-likeness (QED) is 0.137. The molecule has 0 aliphatic carbocycles. The van der Waals surface area contributed by atoms with Gasteiger partial charge in [0, 0.05) is 49.4 Å². The average Bonchev–Trinajstić information content (AvgIpc) is 4.22. The molecule has 0 aliphatic heterocycles. The number of fused-ring (bicyclic) bond motifs is 6. The summed E-state index contributed by atoms with van der Waals surface area (Å²) < 4.78 is 4.65. The van der Waals surface area contributed by atoms with Gasteiger partial charge >= 0.3 is 0 Å². The molecule has 6 heteroatoms. The first kappa shape index (κ1) is 47.9. The highest BCUT2D eigenvalue weighted by atomic mass is 15.0. The fourth-order valence-corrected chi connectivity index (χ4v) is 11.9. The highest BCUT2D eigenvalue weighted by Gasteiger charge is 2.24. The molecule has 0 bridgehead atoms. The standard InChI is InChI=1S/C76H48N6/c77-49-67-61(32-19-33-68(67)81-69-40-35-56(50-20-7-1-8-21-50)44-63(69)64-45-57(36-41-70(64)81)51-22-9-2-10-23-51)62-39-34-60(76-79-74(54-28-15-5-16-29-54)78-75(80-76)55-30-17-6-18-31-55)48-73(62)82-71-42-37-58(52-24-11-3-12-25-52)46-65(71)66-47-59(38-43-72(66)82)53-26-13-4-14-27-53/h1-48H. The number of rotatable bonds is 10. The number of nitrogens with zero attached hydrogens (tertiary/aromatic N) is 6. The van der Waals surface area contributed by atoms with Crippen molar-refractivity contribution in [2.75, 3.05) is 0 Å². The van der Waals surface area contributed by atoms with Crippen LogP contribution in [0.3, 0.4) is 0 Å². The molecule has 0 saturated heterocycles. The zero-order valence-corrected chi connectivity index (χ0v) is 44.4. The summed E-state index contributed by atoms with van der Waals surface area (Å²) in [6.07, 6.45) is 0. The van der Waals surface area contributed by atoms with E-state index in [0.29, 0.717) is 23.0 Å². The second-order valence-electron chi connectivity index (χ2n) is 20.6. The lowest BCUT2D eigenvalue weighted by Crippen LogP contribution is -2.04. The van der Waals surface area contributed by atoms with Crippen LogP contribution >= 0.6 is 0 Å². The number of benzene rings is 12. The van der Waals surface area contributed by atoms with Crippen molar-refractivity contribution < 1.29 is 0 Å². The van der Waals surface area contributed by atoms with E-state index in [4.69, 9.17) is 15.0 Å². The van der Waals surface area contributed by atoms with Crippen LogP contribution < -0.4 is 0 Å². The molecule has 0 unspecified atom stereocenters. The molecular formula is C76H48N6. The Labute approximate surface area is 474 Å². The van der Waals surface area contributed by atoms with Gasteiger partial charge in [-0.25, -0.2) is 15.0 Å². The van der Waals surface area contributed by atoms with Crippen molar-refractivity contribution >= 4 is 43.6 Å². The maximum atomic E-state index is 11.8. The fourth-order valence-electron chi connectivity index (χ4n) is 11.9. The Morgan fingerprint density at radius 2 is 0.561 bits per heavy atom. The van der Waals surface area contributed by atoms with Crippen LogP contribution in [0.1, 0.15) is 5.56 Å². The van der Waals surface area contributed by atoms with Gasteiger partial charge in [0.1, 0.15) is 6.07 Å². The Morgan fingerprint density at radius 3 is 0.915 bits per heavy atom. The molecule has 0 fully saturated rings. The summed E-state index contributed by atoms with van der Waals surface area (Å²) in [5, 5.41) is 16.3. The highest BCUT2D eigenvalue weighted by molar-refractivity contribution is 6.14. The van der Waals surface area contributed by atoms with E-state index < -0.39 is 0 Å². The monoisotopic (exact) mass is 1040 g/mol. The van der Waals surface area contributed by atoms with Gasteiger partial charge in [-0.2, -0.15) is 5.26 Å². The third kappa shape index (κ3) is 8.40. The largest absolute Gasteiger partial charge is 0.309 e. The van der Waals surface area contributed by atoms with Crippen molar-refractivity contribution in [3.63, 3.8) is 0 Å². The fraction of sp³-hybridized carbons (Fsp3) is 0. The van der Waals surface area contributed by atoms with Crippen molar-refractivity contribution in [1.29, 1.82) is 5.26 Å². The first-order chi connectivity index (χ1) is 40.6. The molecule has 15 aromatic rings. The van der Waals surface area contributed by atoms with Crippen molar-refractivity contribution in [3.8, 4) is 107 Å². The molecule has 0 aliphatic rings. The molecule has 0 atom stereocenters. The van der Waals surface area contributed by atoms with Crippen LogP contribution in [0.15, 0.2) is 291 Å². The zero-order chi connectivity index (χ0) is 54.5. The lowest BCUT2D eigenvalue weighted by atomic mass is 9.95. The van der Waals surface area contributed by atoms with E-state index in [1.807, 2.05) is 60.7 Å². The number of hydrogen-bond donors (Lipinski definition) is 0. The number of nitriles is 1. The molecule has 0 spiro atoms. The zero-order valence-electron chi connectivity index (χ0n) is 44.4. The molecular weight excluding hydrogens is 997 g/mol. The van der Waals surface area contributed by atoms with E-state index in [-0.39, 0.29) is 0 Å². The van der Waals surface area contributed by atoms with Crippen LogP contribution in [0.5, 0.6) is 0 Å². The van der Waals surface area contributed by atoms with Crippen molar-refractivity contribution in [2.24, 2.45) is 0 Å². The molecule has 0 N–H and O–H groups in total. The summed E-state index contributed by atoms with van der Waals surface area (Å²) in [4.78, 5) is 15.5. The SMILES string of the molecule is N#Cc1c(-c2ccc(-c3nc(-c4ccccc4)nc(-c4ccccc4)n3)cc2-n2c3ccc(-c4ccccc4)cc3c3cc(-c4ccccc4)ccc32)cccc1-n1c2ccc(-c3ccccc3)cc2c2cc(-c3ccccc3)ccc21. The van der Waals surface area contributed by atoms with Gasteiger partial charge in [-0.05, 0) is 105 Å². The van der Waals surface area contributed by atoms with Crippen LogP contribution in [0.25, 0.3) is 145 Å². The van der Waals surface area contributed by atoms with E-state index in [1.54, 1.807) is 0 Å². The van der Waals surface area contributed by atoms with Gasteiger partial charge in [-0.1, -0.05) is 231 Å². The van der Waals surface area contributed by atoms with Crippen LogP contribution in [0.2, 0.25) is 0 Å². The molecule has 0 saturated carbocycles. The maximum Gasteiger partial charge on any atom is 0.164 e. The predicted molar refractivity (Wildman–Crippen MR) is 337 cm³/mol. The van der Waals surface area contributed by atoms with E-state index >= 15 is 0 Å². The number of hydrogen-bond acceptors (Lipinski definition) is 4. The second-order valence-corrected chi connectivity index (χ2v) is 20.6. The van der Waals surface area contributed by atoms with Gasteiger partial charge < -0.3 is 9.13 Å². The highest BCUT2D eigenvalue weighted by Crippen LogP contribution is 2.44. The number of aromatic nitrogens is 5. The third-order valence-corrected chi connectivity index (χ3v) is 15.8. The molecule has 3 heterocycles. The molecule has 15 rings (SSSR count). The molecule has 0 amide bonds. The Kier molecular flexibility index (Phi) is 11.8. The summed E-state index contributed by atoms with van der Waals surface area (Å²) in [5.74, 6) is 1.68.